The van der Waals surface area contributed by atoms with Gasteiger partial charge in [-0.25, -0.2) is 4.79 Å². The number of carbonyl (C=O) groups excluding carboxylic acids is 1. The van der Waals surface area contributed by atoms with Gasteiger partial charge in [-0.05, 0) is 74.5 Å². The molecule has 1 amide bonds. The highest BCUT2D eigenvalue weighted by Crippen LogP contribution is 2.48. The molecule has 0 spiro atoms. The molecule has 2 unspecified atom stereocenters. The Morgan fingerprint density at radius 3 is 1.95 bits per heavy atom. The molecule has 7 heteroatoms. The predicted octanol–water partition coefficient (Wildman–Crippen LogP) is 6.18. The summed E-state index contributed by atoms with van der Waals surface area (Å²) < 4.78 is 16.8. The lowest BCUT2D eigenvalue weighted by atomic mass is 9.70. The lowest BCUT2D eigenvalue weighted by Gasteiger charge is -2.50. The van der Waals surface area contributed by atoms with E-state index in [1.165, 1.54) is 6.42 Å². The normalized spacial score (nSPS) is 24.7. The fourth-order valence-corrected chi connectivity index (χ4v) is 7.42. The number of methoxy groups -OCH3 is 3. The molecule has 1 N–H and O–H groups in total. The first-order valence-corrected chi connectivity index (χ1v) is 14.3. The minimum Gasteiger partial charge on any atom is -0.493 e. The van der Waals surface area contributed by atoms with Crippen LogP contribution in [0.25, 0.3) is 0 Å². The second-order valence-corrected chi connectivity index (χ2v) is 11.2. The molecule has 2 aliphatic carbocycles. The van der Waals surface area contributed by atoms with Crippen molar-refractivity contribution in [3.63, 3.8) is 0 Å². The fourth-order valence-electron chi connectivity index (χ4n) is 7.42. The van der Waals surface area contributed by atoms with Gasteiger partial charge in [0.1, 0.15) is 5.54 Å². The molecule has 37 heavy (non-hydrogen) atoms. The Balaban J connectivity index is 1.80. The van der Waals surface area contributed by atoms with Crippen molar-refractivity contribution in [1.29, 1.82) is 0 Å². The van der Waals surface area contributed by atoms with Crippen molar-refractivity contribution >= 4 is 11.9 Å². The van der Waals surface area contributed by atoms with Gasteiger partial charge in [-0.15, -0.1) is 0 Å². The van der Waals surface area contributed by atoms with Gasteiger partial charge in [0, 0.05) is 6.54 Å². The molecule has 1 heterocycles. The van der Waals surface area contributed by atoms with E-state index in [9.17, 15) is 14.7 Å². The van der Waals surface area contributed by atoms with Gasteiger partial charge in [0.25, 0.3) is 0 Å². The van der Waals surface area contributed by atoms with E-state index in [0.717, 1.165) is 82.6 Å². The Kier molecular flexibility index (Phi) is 9.25. The van der Waals surface area contributed by atoms with Crippen LogP contribution in [0.2, 0.25) is 0 Å². The smallest absolute Gasteiger partial charge is 0.329 e. The molecule has 1 aromatic carbocycles. The lowest BCUT2D eigenvalue weighted by molar-refractivity contribution is -0.170. The maximum atomic E-state index is 14.8. The van der Waals surface area contributed by atoms with Crippen molar-refractivity contribution in [2.24, 2.45) is 11.8 Å². The number of ether oxygens (including phenoxy) is 3. The first-order valence-electron chi connectivity index (χ1n) is 14.3. The molecule has 206 valence electrons. The monoisotopic (exact) mass is 515 g/mol. The summed E-state index contributed by atoms with van der Waals surface area (Å²) in [5.74, 6) is 0.425. The molecule has 3 aliphatic rings. The molecule has 1 aliphatic heterocycles. The Hall–Kier alpha value is -2.44. The zero-order chi connectivity index (χ0) is 26.4. The summed E-state index contributed by atoms with van der Waals surface area (Å²) in [5, 5.41) is 10.8. The average molecular weight is 516 g/mol. The minimum atomic E-state index is -1.12. The number of likely N-dealkylation sites (tertiary alicyclic amines) is 1. The van der Waals surface area contributed by atoms with Crippen LogP contribution in [0.15, 0.2) is 12.1 Å². The molecule has 1 saturated heterocycles. The third-order valence-electron chi connectivity index (χ3n) is 9.27. The van der Waals surface area contributed by atoms with E-state index >= 15 is 0 Å². The molecule has 3 fully saturated rings. The van der Waals surface area contributed by atoms with Crippen molar-refractivity contribution in [2.75, 3.05) is 27.9 Å². The molecular formula is C30H45NO6. The summed E-state index contributed by atoms with van der Waals surface area (Å²) in [5.41, 5.74) is -0.287. The van der Waals surface area contributed by atoms with Crippen LogP contribution < -0.4 is 14.2 Å². The van der Waals surface area contributed by atoms with Gasteiger partial charge >= 0.3 is 5.97 Å². The van der Waals surface area contributed by atoms with E-state index < -0.39 is 17.4 Å². The highest BCUT2D eigenvalue weighted by Gasteiger charge is 2.54. The molecule has 0 aromatic heterocycles. The maximum absolute atomic E-state index is 14.8. The molecule has 1 aromatic rings. The molecule has 2 atom stereocenters. The van der Waals surface area contributed by atoms with Gasteiger partial charge in [0.15, 0.2) is 11.5 Å². The topological polar surface area (TPSA) is 85.3 Å². The van der Waals surface area contributed by atoms with Crippen LogP contribution in [0.4, 0.5) is 0 Å². The zero-order valence-electron chi connectivity index (χ0n) is 22.9. The second-order valence-electron chi connectivity index (χ2n) is 11.2. The standard InChI is InChI=1S/C30H45NO6/c1-35-24-19-22(20-25(36-2)27(24)37-3)26(21-13-7-6-8-14-21)28(32)31-18-12-11-17-30(31,29(33)34)23-15-9-4-5-10-16-23/h19-21,23,26H,4-18H2,1-3H3,(H,33,34). The number of amides is 1. The third-order valence-corrected chi connectivity index (χ3v) is 9.27. The molecule has 0 radical (unpaired) electrons. The van der Waals surface area contributed by atoms with E-state index in [1.54, 1.807) is 21.3 Å². The maximum Gasteiger partial charge on any atom is 0.329 e. The van der Waals surface area contributed by atoms with Crippen LogP contribution in [0.3, 0.4) is 0 Å². The van der Waals surface area contributed by atoms with E-state index in [1.807, 2.05) is 17.0 Å². The Bertz CT molecular complexity index is 909. The van der Waals surface area contributed by atoms with Crippen molar-refractivity contribution in [3.05, 3.63) is 17.7 Å². The number of rotatable bonds is 8. The second kappa shape index (κ2) is 12.4. The number of carboxylic acid groups (broad SMARTS) is 1. The van der Waals surface area contributed by atoms with Crippen LogP contribution in [-0.2, 0) is 9.59 Å². The van der Waals surface area contributed by atoms with E-state index in [2.05, 4.69) is 0 Å². The Morgan fingerprint density at radius 2 is 1.41 bits per heavy atom. The van der Waals surface area contributed by atoms with Gasteiger partial charge in [-0.1, -0.05) is 44.9 Å². The van der Waals surface area contributed by atoms with Crippen LogP contribution in [0.1, 0.15) is 101 Å². The quantitative estimate of drug-likeness (QED) is 0.416. The largest absolute Gasteiger partial charge is 0.493 e. The third kappa shape index (κ3) is 5.42. The fraction of sp³-hybridized carbons (Fsp3) is 0.733. The van der Waals surface area contributed by atoms with Crippen LogP contribution in [0.5, 0.6) is 17.2 Å². The first kappa shape index (κ1) is 27.6. The average Bonchev–Trinajstić information content (AvgIpc) is 3.23. The number of benzene rings is 1. The lowest BCUT2D eigenvalue weighted by Crippen LogP contribution is -2.64. The van der Waals surface area contributed by atoms with Crippen LogP contribution in [-0.4, -0.2) is 55.3 Å². The van der Waals surface area contributed by atoms with Crippen molar-refractivity contribution in [3.8, 4) is 17.2 Å². The van der Waals surface area contributed by atoms with Crippen molar-refractivity contribution < 1.29 is 28.9 Å². The first-order chi connectivity index (χ1) is 18.0. The van der Waals surface area contributed by atoms with Crippen LogP contribution >= 0.6 is 0 Å². The number of aliphatic carboxylic acids is 1. The van der Waals surface area contributed by atoms with Crippen molar-refractivity contribution in [1.82, 2.24) is 4.90 Å². The molecule has 4 rings (SSSR count). The van der Waals surface area contributed by atoms with E-state index in [4.69, 9.17) is 14.2 Å². The summed E-state index contributed by atoms with van der Waals surface area (Å²) in [6.07, 6.45) is 13.7. The van der Waals surface area contributed by atoms with Crippen molar-refractivity contribution in [2.45, 2.75) is 101 Å². The van der Waals surface area contributed by atoms with E-state index in [-0.39, 0.29) is 17.7 Å². The predicted molar refractivity (Wildman–Crippen MR) is 143 cm³/mol. The molecule has 0 bridgehead atoms. The Morgan fingerprint density at radius 1 is 0.838 bits per heavy atom. The molecule has 7 nitrogen and oxygen atoms in total. The Labute approximate surface area is 221 Å². The summed E-state index contributed by atoms with van der Waals surface area (Å²) >= 11 is 0. The zero-order valence-corrected chi connectivity index (χ0v) is 22.9. The number of nitrogens with zero attached hydrogens (tertiary/aromatic N) is 1. The SMILES string of the molecule is COc1cc(C(C(=O)N2CCCCC2(C(=O)O)C2CCCCCC2)C2CCCCC2)cc(OC)c1OC. The number of hydrogen-bond donors (Lipinski definition) is 1. The number of hydrogen-bond acceptors (Lipinski definition) is 5. The highest BCUT2D eigenvalue weighted by molar-refractivity contribution is 5.91. The van der Waals surface area contributed by atoms with Gasteiger partial charge in [0.2, 0.25) is 11.7 Å². The summed E-state index contributed by atoms with van der Waals surface area (Å²) in [4.78, 5) is 29.7. The summed E-state index contributed by atoms with van der Waals surface area (Å²) in [6.45, 7) is 0.509. The van der Waals surface area contributed by atoms with Crippen LogP contribution in [0, 0.1) is 11.8 Å². The molecular weight excluding hydrogens is 470 g/mol. The van der Waals surface area contributed by atoms with E-state index in [0.29, 0.717) is 30.2 Å². The number of carbonyl (C=O) groups is 2. The highest BCUT2D eigenvalue weighted by atomic mass is 16.5. The number of carboxylic acids is 1. The van der Waals surface area contributed by atoms with Gasteiger partial charge in [-0.2, -0.15) is 0 Å². The van der Waals surface area contributed by atoms with Gasteiger partial charge in [-0.3, -0.25) is 4.79 Å². The summed E-state index contributed by atoms with van der Waals surface area (Å²) in [6, 6.07) is 3.80. The molecule has 2 saturated carbocycles. The van der Waals surface area contributed by atoms with Gasteiger partial charge < -0.3 is 24.2 Å². The number of piperidine rings is 1. The minimum absolute atomic E-state index is 0.00342. The van der Waals surface area contributed by atoms with Gasteiger partial charge in [0.05, 0.1) is 27.2 Å². The summed E-state index contributed by atoms with van der Waals surface area (Å²) in [7, 11) is 4.75.